The Balaban J connectivity index is 1.37. The number of halogens is 2. The van der Waals surface area contributed by atoms with Crippen LogP contribution in [-0.4, -0.2) is 51.9 Å². The summed E-state index contributed by atoms with van der Waals surface area (Å²) in [5.74, 6) is -1.13. The molecule has 34 heavy (non-hydrogen) atoms. The second-order valence-electron chi connectivity index (χ2n) is 8.54. The molecule has 174 valence electrons. The van der Waals surface area contributed by atoms with Crippen LogP contribution in [0.4, 0.5) is 8.78 Å². The zero-order valence-corrected chi connectivity index (χ0v) is 19.4. The van der Waals surface area contributed by atoms with Gasteiger partial charge in [-0.25, -0.2) is 8.78 Å². The Hall–Kier alpha value is -3.52. The van der Waals surface area contributed by atoms with Gasteiger partial charge in [0.15, 0.2) is 0 Å². The molecule has 8 heteroatoms. The average molecular weight is 480 g/mol. The van der Waals surface area contributed by atoms with Gasteiger partial charge in [0.1, 0.15) is 22.2 Å². The van der Waals surface area contributed by atoms with E-state index >= 15 is 0 Å². The number of hydrogen-bond donors (Lipinski definition) is 0. The Morgan fingerprint density at radius 3 is 2.47 bits per heavy atom. The number of amides is 2. The summed E-state index contributed by atoms with van der Waals surface area (Å²) >= 11 is 1.54. The third-order valence-corrected chi connectivity index (χ3v) is 7.15. The number of nitrogens with zero attached hydrogens (tertiary/aromatic N) is 3. The first kappa shape index (κ1) is 22.3. The number of carbonyl (C=O) groups excluding carboxylic acids is 2. The third-order valence-electron chi connectivity index (χ3n) is 6.20. The molecule has 0 bridgehead atoms. The first-order valence-corrected chi connectivity index (χ1v) is 12.0. The van der Waals surface area contributed by atoms with Gasteiger partial charge in [-0.15, -0.1) is 11.3 Å². The van der Waals surface area contributed by atoms with Crippen LogP contribution in [0.1, 0.15) is 33.3 Å². The lowest BCUT2D eigenvalue weighted by molar-refractivity contribution is 0.0409. The first-order valence-electron chi connectivity index (χ1n) is 11.1. The van der Waals surface area contributed by atoms with Gasteiger partial charge >= 0.3 is 0 Å². The lowest BCUT2D eigenvalue weighted by Crippen LogP contribution is -2.55. The number of hydrogen-bond acceptors (Lipinski definition) is 3. The van der Waals surface area contributed by atoms with Crippen LogP contribution >= 0.6 is 11.3 Å². The van der Waals surface area contributed by atoms with Gasteiger partial charge < -0.3 is 14.4 Å². The van der Waals surface area contributed by atoms with Gasteiger partial charge in [-0.3, -0.25) is 9.59 Å². The van der Waals surface area contributed by atoms with Gasteiger partial charge in [-0.1, -0.05) is 18.2 Å². The summed E-state index contributed by atoms with van der Waals surface area (Å²) in [6.07, 6.45) is 0. The molecule has 5 nitrogen and oxygen atoms in total. The Kier molecular flexibility index (Phi) is 5.91. The number of fused-ring (bicyclic) bond motifs is 1. The van der Waals surface area contributed by atoms with E-state index in [-0.39, 0.29) is 23.7 Å². The van der Waals surface area contributed by atoms with Crippen molar-refractivity contribution in [2.75, 3.05) is 19.6 Å². The summed E-state index contributed by atoms with van der Waals surface area (Å²) in [5.41, 5.74) is 1.62. The van der Waals surface area contributed by atoms with E-state index < -0.39 is 5.82 Å². The largest absolute Gasteiger partial charge is 0.334 e. The summed E-state index contributed by atoms with van der Waals surface area (Å²) in [6.45, 7) is 3.39. The van der Waals surface area contributed by atoms with Crippen molar-refractivity contribution in [3.05, 3.63) is 94.5 Å². The van der Waals surface area contributed by atoms with E-state index in [4.69, 9.17) is 0 Å². The molecule has 5 rings (SSSR count). The van der Waals surface area contributed by atoms with Crippen molar-refractivity contribution in [2.24, 2.45) is 0 Å². The van der Waals surface area contributed by atoms with E-state index in [9.17, 15) is 18.4 Å². The fraction of sp³-hybridized carbons (Fsp3) is 0.231. The predicted molar refractivity (Wildman–Crippen MR) is 128 cm³/mol. The van der Waals surface area contributed by atoms with Gasteiger partial charge in [-0.05, 0) is 60.3 Å². The zero-order valence-electron chi connectivity index (χ0n) is 18.6. The number of aromatic nitrogens is 1. The molecule has 0 aliphatic carbocycles. The molecule has 0 radical (unpaired) electrons. The fourth-order valence-electron chi connectivity index (χ4n) is 4.52. The fourth-order valence-corrected chi connectivity index (χ4v) is 5.42. The number of carbonyl (C=O) groups is 2. The van der Waals surface area contributed by atoms with Crippen LogP contribution in [-0.2, 0) is 6.54 Å². The molecule has 1 fully saturated rings. The number of benzene rings is 2. The van der Waals surface area contributed by atoms with Crippen molar-refractivity contribution < 1.29 is 18.4 Å². The molecule has 2 aromatic heterocycles. The molecule has 0 N–H and O–H groups in total. The van der Waals surface area contributed by atoms with E-state index in [1.807, 2.05) is 35.1 Å². The standard InChI is InChI=1S/C26H23F2N3O2S/c1-17-15-29(9-10-30(17)24(32)19-5-3-7-22(28)13-19)25(33)23-14-20-8-11-34-26(20)31(23)16-18-4-2-6-21(27)12-18/h2-8,11-14,17H,9-10,15-16H2,1H3. The van der Waals surface area contributed by atoms with Gasteiger partial charge in [-0.2, -0.15) is 0 Å². The molecule has 1 atom stereocenters. The highest BCUT2D eigenvalue weighted by molar-refractivity contribution is 7.16. The minimum Gasteiger partial charge on any atom is -0.334 e. The van der Waals surface area contributed by atoms with Gasteiger partial charge in [0.05, 0.1) is 0 Å². The van der Waals surface area contributed by atoms with Crippen molar-refractivity contribution in [2.45, 2.75) is 19.5 Å². The number of piperazine rings is 1. The predicted octanol–water partition coefficient (Wildman–Crippen LogP) is 5.02. The van der Waals surface area contributed by atoms with Crippen molar-refractivity contribution in [1.82, 2.24) is 14.4 Å². The Morgan fingerprint density at radius 1 is 0.971 bits per heavy atom. The van der Waals surface area contributed by atoms with Crippen molar-refractivity contribution in [3.8, 4) is 0 Å². The van der Waals surface area contributed by atoms with Crippen molar-refractivity contribution in [1.29, 1.82) is 0 Å². The highest BCUT2D eigenvalue weighted by atomic mass is 32.1. The average Bonchev–Trinajstić information content (AvgIpc) is 3.41. The third kappa shape index (κ3) is 4.21. The van der Waals surface area contributed by atoms with Crippen LogP contribution in [0.3, 0.4) is 0 Å². The minimum absolute atomic E-state index is 0.121. The Morgan fingerprint density at radius 2 is 1.74 bits per heavy atom. The molecule has 1 unspecified atom stereocenters. The second-order valence-corrected chi connectivity index (χ2v) is 9.43. The maximum Gasteiger partial charge on any atom is 0.270 e. The van der Waals surface area contributed by atoms with Crippen LogP contribution < -0.4 is 0 Å². The van der Waals surface area contributed by atoms with Gasteiger partial charge in [0, 0.05) is 43.2 Å². The van der Waals surface area contributed by atoms with Crippen LogP contribution in [0.15, 0.2) is 66.0 Å². The quantitative estimate of drug-likeness (QED) is 0.413. The molecular weight excluding hydrogens is 456 g/mol. The highest BCUT2D eigenvalue weighted by Crippen LogP contribution is 2.28. The summed E-state index contributed by atoms with van der Waals surface area (Å²) in [7, 11) is 0. The summed E-state index contributed by atoms with van der Waals surface area (Å²) in [5, 5.41) is 2.94. The summed E-state index contributed by atoms with van der Waals surface area (Å²) in [6, 6.07) is 15.7. The minimum atomic E-state index is -0.452. The SMILES string of the molecule is CC1CN(C(=O)c2cc3ccsc3n2Cc2cccc(F)c2)CCN1C(=O)c1cccc(F)c1. The van der Waals surface area contributed by atoms with Crippen LogP contribution in [0.2, 0.25) is 0 Å². The molecule has 2 amide bonds. The van der Waals surface area contributed by atoms with Crippen LogP contribution in [0.5, 0.6) is 0 Å². The molecule has 2 aromatic carbocycles. The monoisotopic (exact) mass is 479 g/mol. The van der Waals surface area contributed by atoms with Crippen LogP contribution in [0.25, 0.3) is 10.2 Å². The summed E-state index contributed by atoms with van der Waals surface area (Å²) < 4.78 is 29.3. The van der Waals surface area contributed by atoms with E-state index in [0.29, 0.717) is 37.4 Å². The first-order chi connectivity index (χ1) is 16.4. The lowest BCUT2D eigenvalue weighted by atomic mass is 10.1. The molecule has 4 aromatic rings. The Bertz CT molecular complexity index is 1380. The Labute approximate surface area is 199 Å². The number of thiophene rings is 1. The maximum atomic E-state index is 13.8. The lowest BCUT2D eigenvalue weighted by Gasteiger charge is -2.40. The van der Waals surface area contributed by atoms with E-state index in [1.165, 1.54) is 30.3 Å². The molecule has 0 spiro atoms. The smallest absolute Gasteiger partial charge is 0.270 e. The van der Waals surface area contributed by atoms with E-state index in [1.54, 1.807) is 33.3 Å². The van der Waals surface area contributed by atoms with Gasteiger partial charge in [0.2, 0.25) is 0 Å². The zero-order chi connectivity index (χ0) is 23.8. The summed E-state index contributed by atoms with van der Waals surface area (Å²) in [4.78, 5) is 30.9. The molecule has 0 saturated carbocycles. The second kappa shape index (κ2) is 9.02. The van der Waals surface area contributed by atoms with E-state index in [2.05, 4.69) is 0 Å². The normalized spacial score (nSPS) is 16.3. The van der Waals surface area contributed by atoms with Crippen molar-refractivity contribution >= 4 is 33.4 Å². The molecular formula is C26H23F2N3O2S. The van der Waals surface area contributed by atoms with Crippen LogP contribution in [0, 0.1) is 11.6 Å². The molecule has 1 aliphatic rings. The van der Waals surface area contributed by atoms with Crippen molar-refractivity contribution in [3.63, 3.8) is 0 Å². The van der Waals surface area contributed by atoms with E-state index in [0.717, 1.165) is 15.8 Å². The molecule has 1 aliphatic heterocycles. The highest BCUT2D eigenvalue weighted by Gasteiger charge is 2.32. The maximum absolute atomic E-state index is 13.8. The van der Waals surface area contributed by atoms with Gasteiger partial charge in [0.25, 0.3) is 11.8 Å². The molecule has 3 heterocycles. The number of rotatable bonds is 4. The molecule has 1 saturated heterocycles. The topological polar surface area (TPSA) is 45.6 Å².